The van der Waals surface area contributed by atoms with Crippen LogP contribution in [0.3, 0.4) is 0 Å². The third-order valence-corrected chi connectivity index (χ3v) is 2.91. The molecule has 6 heteroatoms. The van der Waals surface area contributed by atoms with Crippen LogP contribution in [0.5, 0.6) is 0 Å². The van der Waals surface area contributed by atoms with Crippen LogP contribution < -0.4 is 11.3 Å². The summed E-state index contributed by atoms with van der Waals surface area (Å²) in [7, 11) is 1.91. The first-order valence-electron chi connectivity index (χ1n) is 6.49. The molecule has 0 aliphatic rings. The first-order valence-corrected chi connectivity index (χ1v) is 6.49. The summed E-state index contributed by atoms with van der Waals surface area (Å²) in [5.74, 6) is 6.08. The van der Waals surface area contributed by atoms with E-state index in [1.54, 1.807) is 6.07 Å². The number of amides is 1. The van der Waals surface area contributed by atoms with Crippen molar-refractivity contribution in [2.45, 2.75) is 20.4 Å². The van der Waals surface area contributed by atoms with Crippen LogP contribution in [-0.4, -0.2) is 47.4 Å². The van der Waals surface area contributed by atoms with Crippen LogP contribution in [0.15, 0.2) is 18.2 Å². The van der Waals surface area contributed by atoms with Crippen LogP contribution in [0.1, 0.15) is 19.5 Å². The summed E-state index contributed by atoms with van der Waals surface area (Å²) < 4.78 is 0. The van der Waals surface area contributed by atoms with Gasteiger partial charge >= 0.3 is 0 Å². The number of likely N-dealkylation sites (N-methyl/N-ethyl adjacent to an activating group) is 2. The standard InChI is InChI=1S/C13H23N5O/c1-4-18(5-2)13(19)10-17(3)9-11-7-6-8-12(15-11)16-14/h6-8H,4-5,9-10,14H2,1-3H3,(H,15,16). The van der Waals surface area contributed by atoms with Gasteiger partial charge in [-0.3, -0.25) is 9.69 Å². The molecular weight excluding hydrogens is 242 g/mol. The molecule has 0 aliphatic heterocycles. The number of nitrogens with zero attached hydrogens (tertiary/aromatic N) is 3. The Balaban J connectivity index is 2.54. The highest BCUT2D eigenvalue weighted by atomic mass is 16.2. The SMILES string of the molecule is CCN(CC)C(=O)CN(C)Cc1cccc(NN)n1. The van der Waals surface area contributed by atoms with Gasteiger partial charge in [0, 0.05) is 19.6 Å². The molecule has 0 aliphatic carbocycles. The lowest BCUT2D eigenvalue weighted by molar-refractivity contribution is -0.131. The number of anilines is 1. The van der Waals surface area contributed by atoms with E-state index < -0.39 is 0 Å². The third kappa shape index (κ3) is 4.84. The summed E-state index contributed by atoms with van der Waals surface area (Å²) in [6.07, 6.45) is 0. The Morgan fingerprint density at radius 1 is 1.37 bits per heavy atom. The Morgan fingerprint density at radius 2 is 2.05 bits per heavy atom. The summed E-state index contributed by atoms with van der Waals surface area (Å²) in [5.41, 5.74) is 3.39. The fourth-order valence-corrected chi connectivity index (χ4v) is 1.89. The maximum Gasteiger partial charge on any atom is 0.236 e. The van der Waals surface area contributed by atoms with Crippen LogP contribution in [0.4, 0.5) is 5.82 Å². The topological polar surface area (TPSA) is 74.5 Å². The van der Waals surface area contributed by atoms with Gasteiger partial charge in [0.05, 0.1) is 12.2 Å². The van der Waals surface area contributed by atoms with Gasteiger partial charge in [0.15, 0.2) is 0 Å². The Bertz CT molecular complexity index is 406. The van der Waals surface area contributed by atoms with Crippen LogP contribution in [0, 0.1) is 0 Å². The van der Waals surface area contributed by atoms with Crippen LogP contribution >= 0.6 is 0 Å². The molecule has 19 heavy (non-hydrogen) atoms. The molecule has 1 heterocycles. The molecule has 0 spiro atoms. The molecule has 6 nitrogen and oxygen atoms in total. The number of nitrogens with two attached hydrogens (primary N) is 1. The van der Waals surface area contributed by atoms with Gasteiger partial charge in [-0.15, -0.1) is 0 Å². The number of nitrogens with one attached hydrogen (secondary N) is 1. The van der Waals surface area contributed by atoms with Gasteiger partial charge in [0.25, 0.3) is 0 Å². The Morgan fingerprint density at radius 3 is 2.63 bits per heavy atom. The molecule has 0 radical (unpaired) electrons. The van der Waals surface area contributed by atoms with Crippen molar-refractivity contribution in [1.29, 1.82) is 0 Å². The molecule has 0 atom stereocenters. The second-order valence-electron chi connectivity index (χ2n) is 4.40. The van der Waals surface area contributed by atoms with Gasteiger partial charge in [-0.05, 0) is 33.0 Å². The summed E-state index contributed by atoms with van der Waals surface area (Å²) >= 11 is 0. The normalized spacial score (nSPS) is 10.6. The molecule has 0 aromatic carbocycles. The molecule has 1 aromatic rings. The number of rotatable bonds is 7. The number of carbonyl (C=O) groups is 1. The molecule has 1 rings (SSSR count). The van der Waals surface area contributed by atoms with Crippen LogP contribution in [-0.2, 0) is 11.3 Å². The highest BCUT2D eigenvalue weighted by Gasteiger charge is 2.12. The molecule has 1 aromatic heterocycles. The highest BCUT2D eigenvalue weighted by Crippen LogP contribution is 2.05. The van der Waals surface area contributed by atoms with Gasteiger partial charge in [0.2, 0.25) is 5.91 Å². The number of aromatic nitrogens is 1. The second kappa shape index (κ2) is 7.70. The van der Waals surface area contributed by atoms with Crippen molar-refractivity contribution in [2.24, 2.45) is 5.84 Å². The monoisotopic (exact) mass is 265 g/mol. The van der Waals surface area contributed by atoms with Crippen LogP contribution in [0.2, 0.25) is 0 Å². The van der Waals surface area contributed by atoms with E-state index in [0.29, 0.717) is 18.9 Å². The average Bonchev–Trinajstić information content (AvgIpc) is 2.40. The van der Waals surface area contributed by atoms with E-state index in [-0.39, 0.29) is 5.91 Å². The number of carbonyl (C=O) groups excluding carboxylic acids is 1. The summed E-state index contributed by atoms with van der Waals surface area (Å²) in [6.45, 7) is 6.47. The molecular formula is C13H23N5O. The van der Waals surface area contributed by atoms with Gasteiger partial charge in [-0.25, -0.2) is 10.8 Å². The van der Waals surface area contributed by atoms with Gasteiger partial charge in [-0.2, -0.15) is 0 Å². The van der Waals surface area contributed by atoms with Crippen molar-refractivity contribution in [2.75, 3.05) is 32.1 Å². The Hall–Kier alpha value is -1.66. The highest BCUT2D eigenvalue weighted by molar-refractivity contribution is 5.78. The minimum absolute atomic E-state index is 0.139. The predicted octanol–water partition coefficient (Wildman–Crippen LogP) is 0.667. The summed E-state index contributed by atoms with van der Waals surface area (Å²) in [4.78, 5) is 20.1. The lowest BCUT2D eigenvalue weighted by Crippen LogP contribution is -2.38. The van der Waals surface area contributed by atoms with Gasteiger partial charge in [0.1, 0.15) is 5.82 Å². The number of hydrazine groups is 1. The lowest BCUT2D eigenvalue weighted by atomic mass is 10.3. The average molecular weight is 265 g/mol. The van der Waals surface area contributed by atoms with Crippen LogP contribution in [0.25, 0.3) is 0 Å². The third-order valence-electron chi connectivity index (χ3n) is 2.91. The van der Waals surface area contributed by atoms with E-state index in [4.69, 9.17) is 5.84 Å². The summed E-state index contributed by atoms with van der Waals surface area (Å²) in [5, 5.41) is 0. The van der Waals surface area contributed by atoms with E-state index in [0.717, 1.165) is 18.8 Å². The maximum absolute atomic E-state index is 12.0. The maximum atomic E-state index is 12.0. The van der Waals surface area contributed by atoms with Crippen molar-refractivity contribution in [3.8, 4) is 0 Å². The van der Waals surface area contributed by atoms with E-state index in [9.17, 15) is 4.79 Å². The van der Waals surface area contributed by atoms with Crippen molar-refractivity contribution < 1.29 is 4.79 Å². The molecule has 106 valence electrons. The first kappa shape index (κ1) is 15.4. The second-order valence-corrected chi connectivity index (χ2v) is 4.40. The van der Waals surface area contributed by atoms with Gasteiger partial charge < -0.3 is 10.3 Å². The number of nitrogen functional groups attached to an aromatic ring is 1. The molecule has 1 amide bonds. The quantitative estimate of drug-likeness (QED) is 0.560. The zero-order chi connectivity index (χ0) is 14.3. The predicted molar refractivity (Wildman–Crippen MR) is 76.3 cm³/mol. The number of pyridine rings is 1. The smallest absolute Gasteiger partial charge is 0.236 e. The fourth-order valence-electron chi connectivity index (χ4n) is 1.89. The van der Waals surface area contributed by atoms with E-state index in [1.807, 2.05) is 42.8 Å². The van der Waals surface area contributed by atoms with Crippen molar-refractivity contribution in [1.82, 2.24) is 14.8 Å². The van der Waals surface area contributed by atoms with E-state index >= 15 is 0 Å². The molecule has 0 unspecified atom stereocenters. The van der Waals surface area contributed by atoms with Crippen molar-refractivity contribution >= 4 is 11.7 Å². The molecule has 3 N–H and O–H groups in total. The molecule has 0 saturated carbocycles. The fraction of sp³-hybridized carbons (Fsp3) is 0.538. The van der Waals surface area contributed by atoms with Crippen molar-refractivity contribution in [3.05, 3.63) is 23.9 Å². The number of hydrogen-bond donors (Lipinski definition) is 2. The molecule has 0 bridgehead atoms. The van der Waals surface area contributed by atoms with Gasteiger partial charge in [-0.1, -0.05) is 6.07 Å². The van der Waals surface area contributed by atoms with E-state index in [1.165, 1.54) is 0 Å². The molecule has 0 saturated heterocycles. The zero-order valence-electron chi connectivity index (χ0n) is 11.9. The largest absolute Gasteiger partial charge is 0.342 e. The Kier molecular flexibility index (Phi) is 6.24. The minimum atomic E-state index is 0.139. The minimum Gasteiger partial charge on any atom is -0.342 e. The number of hydrogen-bond acceptors (Lipinski definition) is 5. The lowest BCUT2D eigenvalue weighted by Gasteiger charge is -2.22. The van der Waals surface area contributed by atoms with E-state index in [2.05, 4.69) is 10.4 Å². The molecule has 0 fully saturated rings. The summed E-state index contributed by atoms with van der Waals surface area (Å²) in [6, 6.07) is 5.60. The Labute approximate surface area is 114 Å². The zero-order valence-corrected chi connectivity index (χ0v) is 11.9. The first-order chi connectivity index (χ1) is 9.10. The van der Waals surface area contributed by atoms with Crippen molar-refractivity contribution in [3.63, 3.8) is 0 Å².